The molecule has 2 aromatic carbocycles. The van der Waals surface area contributed by atoms with Crippen molar-refractivity contribution < 1.29 is 33.3 Å². The topological polar surface area (TPSA) is 98.4 Å². The van der Waals surface area contributed by atoms with Crippen LogP contribution < -0.4 is 19.1 Å². The van der Waals surface area contributed by atoms with Crippen molar-refractivity contribution in [3.8, 4) is 17.2 Å². The van der Waals surface area contributed by atoms with Crippen LogP contribution in [0.2, 0.25) is 0 Å². The Labute approximate surface area is 184 Å². The van der Waals surface area contributed by atoms with Gasteiger partial charge in [-0.25, -0.2) is 0 Å². The second kappa shape index (κ2) is 8.50. The average molecular weight is 435 g/mol. The minimum Gasteiger partial charge on any atom is -0.507 e. The number of furan rings is 1. The Balaban J connectivity index is 1.91. The Morgan fingerprint density at radius 2 is 1.72 bits per heavy atom. The lowest BCUT2D eigenvalue weighted by atomic mass is 9.99. The van der Waals surface area contributed by atoms with Crippen molar-refractivity contribution in [2.45, 2.75) is 6.04 Å². The van der Waals surface area contributed by atoms with Crippen LogP contribution in [-0.4, -0.2) is 38.1 Å². The number of aliphatic hydroxyl groups excluding tert-OH is 1. The zero-order chi connectivity index (χ0) is 22.8. The maximum atomic E-state index is 13.1. The summed E-state index contributed by atoms with van der Waals surface area (Å²) in [6.45, 7) is 0. The second-order valence-electron chi connectivity index (χ2n) is 6.96. The summed E-state index contributed by atoms with van der Waals surface area (Å²) in [6.07, 6.45) is 1.44. The smallest absolute Gasteiger partial charge is 0.300 e. The summed E-state index contributed by atoms with van der Waals surface area (Å²) in [5.74, 6) is -0.283. The van der Waals surface area contributed by atoms with Crippen molar-refractivity contribution in [1.82, 2.24) is 0 Å². The fourth-order valence-corrected chi connectivity index (χ4v) is 3.72. The van der Waals surface area contributed by atoms with Crippen molar-refractivity contribution in [3.05, 3.63) is 77.8 Å². The highest BCUT2D eigenvalue weighted by Gasteiger charge is 2.48. The molecule has 8 nitrogen and oxygen atoms in total. The van der Waals surface area contributed by atoms with Gasteiger partial charge in [0.2, 0.25) is 0 Å². The van der Waals surface area contributed by atoms with Gasteiger partial charge in [0, 0.05) is 17.3 Å². The van der Waals surface area contributed by atoms with E-state index in [2.05, 4.69) is 0 Å². The summed E-state index contributed by atoms with van der Waals surface area (Å²) in [6, 6.07) is 13.8. The summed E-state index contributed by atoms with van der Waals surface area (Å²) in [4.78, 5) is 27.5. The molecule has 1 saturated heterocycles. The molecule has 164 valence electrons. The molecule has 1 aromatic heterocycles. The summed E-state index contributed by atoms with van der Waals surface area (Å²) in [5.41, 5.74) is 0.634. The fourth-order valence-electron chi connectivity index (χ4n) is 3.72. The highest BCUT2D eigenvalue weighted by atomic mass is 16.5. The third-order valence-electron chi connectivity index (χ3n) is 5.25. The van der Waals surface area contributed by atoms with Crippen LogP contribution in [0.1, 0.15) is 17.4 Å². The highest BCUT2D eigenvalue weighted by Crippen LogP contribution is 2.44. The van der Waals surface area contributed by atoms with Gasteiger partial charge in [0.1, 0.15) is 23.3 Å². The van der Waals surface area contributed by atoms with Crippen molar-refractivity contribution in [3.63, 3.8) is 0 Å². The van der Waals surface area contributed by atoms with E-state index in [1.165, 1.54) is 32.5 Å². The average Bonchev–Trinajstić information content (AvgIpc) is 3.45. The van der Waals surface area contributed by atoms with Gasteiger partial charge in [0.05, 0.1) is 33.2 Å². The van der Waals surface area contributed by atoms with Crippen LogP contribution in [0.4, 0.5) is 5.69 Å². The molecule has 0 bridgehead atoms. The number of ether oxygens (including phenoxy) is 3. The lowest BCUT2D eigenvalue weighted by Gasteiger charge is -2.24. The SMILES string of the molecule is COc1cccc(/C(O)=C2/C(=O)C(=O)N(c3ccc(OC)c(OC)c3)C2c2ccco2)c1. The second-order valence-corrected chi connectivity index (χ2v) is 6.96. The first-order chi connectivity index (χ1) is 15.5. The molecule has 0 saturated carbocycles. The number of anilines is 1. The van der Waals surface area contributed by atoms with Crippen LogP contribution >= 0.6 is 0 Å². The van der Waals surface area contributed by atoms with Crippen LogP contribution in [0.25, 0.3) is 5.76 Å². The zero-order valence-corrected chi connectivity index (χ0v) is 17.7. The number of hydrogen-bond acceptors (Lipinski definition) is 7. The van der Waals surface area contributed by atoms with E-state index < -0.39 is 17.7 Å². The predicted octanol–water partition coefficient (Wildman–Crippen LogP) is 3.93. The summed E-state index contributed by atoms with van der Waals surface area (Å²) in [7, 11) is 4.47. The number of carbonyl (C=O) groups is 2. The van der Waals surface area contributed by atoms with E-state index in [9.17, 15) is 14.7 Å². The molecular formula is C24H21NO7. The van der Waals surface area contributed by atoms with Crippen molar-refractivity contribution in [2.24, 2.45) is 0 Å². The van der Waals surface area contributed by atoms with Gasteiger partial charge in [0.25, 0.3) is 11.7 Å². The van der Waals surface area contributed by atoms with E-state index in [4.69, 9.17) is 18.6 Å². The molecule has 2 heterocycles. The summed E-state index contributed by atoms with van der Waals surface area (Å²) >= 11 is 0. The maximum Gasteiger partial charge on any atom is 0.300 e. The van der Waals surface area contributed by atoms with E-state index >= 15 is 0 Å². The maximum absolute atomic E-state index is 13.1. The summed E-state index contributed by atoms with van der Waals surface area (Å²) in [5, 5.41) is 11.1. The Morgan fingerprint density at radius 3 is 2.38 bits per heavy atom. The van der Waals surface area contributed by atoms with Crippen molar-refractivity contribution in [1.29, 1.82) is 0 Å². The Hall–Kier alpha value is -4.20. The molecule has 1 aliphatic heterocycles. The molecule has 3 aromatic rings. The molecule has 32 heavy (non-hydrogen) atoms. The quantitative estimate of drug-likeness (QED) is 0.356. The Kier molecular flexibility index (Phi) is 5.59. The molecule has 1 amide bonds. The fraction of sp³-hybridized carbons (Fsp3) is 0.167. The third kappa shape index (κ3) is 3.45. The number of methoxy groups -OCH3 is 3. The monoisotopic (exact) mass is 435 g/mol. The lowest BCUT2D eigenvalue weighted by Crippen LogP contribution is -2.29. The molecule has 1 aliphatic rings. The minimum absolute atomic E-state index is 0.0898. The van der Waals surface area contributed by atoms with Crippen LogP contribution in [0, 0.1) is 0 Å². The highest BCUT2D eigenvalue weighted by molar-refractivity contribution is 6.51. The van der Waals surface area contributed by atoms with E-state index in [0.717, 1.165) is 0 Å². The Morgan fingerprint density at radius 1 is 0.938 bits per heavy atom. The van der Waals surface area contributed by atoms with Gasteiger partial charge >= 0.3 is 0 Å². The molecule has 8 heteroatoms. The molecule has 0 spiro atoms. The minimum atomic E-state index is -0.977. The molecule has 1 unspecified atom stereocenters. The number of carbonyl (C=O) groups excluding carboxylic acids is 2. The molecular weight excluding hydrogens is 414 g/mol. The van der Waals surface area contributed by atoms with Crippen molar-refractivity contribution in [2.75, 3.05) is 26.2 Å². The number of benzene rings is 2. The van der Waals surface area contributed by atoms with Gasteiger partial charge in [0.15, 0.2) is 11.5 Å². The number of aliphatic hydroxyl groups is 1. The molecule has 1 atom stereocenters. The van der Waals surface area contributed by atoms with Crippen molar-refractivity contribution >= 4 is 23.1 Å². The van der Waals surface area contributed by atoms with E-state index in [1.54, 1.807) is 54.6 Å². The number of nitrogens with zero attached hydrogens (tertiary/aromatic N) is 1. The van der Waals surface area contributed by atoms with Gasteiger partial charge in [-0.3, -0.25) is 14.5 Å². The standard InChI is InChI=1S/C24H21NO7/c1-29-16-7-4-6-14(12-16)22(26)20-21(18-8-5-11-32-18)25(24(28)23(20)27)15-9-10-17(30-2)19(13-15)31-3/h4-13,21,26H,1-3H3/b22-20-. The number of amides is 1. The number of ketones is 1. The van der Waals surface area contributed by atoms with Gasteiger partial charge in [-0.05, 0) is 36.4 Å². The molecule has 1 N–H and O–H groups in total. The van der Waals surface area contributed by atoms with E-state index in [0.29, 0.717) is 34.3 Å². The largest absolute Gasteiger partial charge is 0.507 e. The van der Waals surface area contributed by atoms with E-state index in [1.807, 2.05) is 0 Å². The first-order valence-corrected chi connectivity index (χ1v) is 9.71. The number of Topliss-reactive ketones (excluding diaryl/α,β-unsaturated/α-hetero) is 1. The molecule has 0 radical (unpaired) electrons. The molecule has 0 aliphatic carbocycles. The van der Waals surface area contributed by atoms with E-state index in [-0.39, 0.29) is 11.3 Å². The zero-order valence-electron chi connectivity index (χ0n) is 17.7. The summed E-state index contributed by atoms with van der Waals surface area (Å²) < 4.78 is 21.4. The van der Waals surface area contributed by atoms with Gasteiger partial charge < -0.3 is 23.7 Å². The van der Waals surface area contributed by atoms with Crippen LogP contribution in [-0.2, 0) is 9.59 Å². The first-order valence-electron chi connectivity index (χ1n) is 9.71. The van der Waals surface area contributed by atoms with Gasteiger partial charge in [-0.1, -0.05) is 12.1 Å². The van der Waals surface area contributed by atoms with Crippen LogP contribution in [0.15, 0.2) is 70.9 Å². The van der Waals surface area contributed by atoms with Crippen LogP contribution in [0.3, 0.4) is 0 Å². The van der Waals surface area contributed by atoms with Gasteiger partial charge in [-0.15, -0.1) is 0 Å². The normalized spacial score (nSPS) is 17.5. The predicted molar refractivity (Wildman–Crippen MR) is 116 cm³/mol. The third-order valence-corrected chi connectivity index (χ3v) is 5.25. The van der Waals surface area contributed by atoms with Crippen LogP contribution in [0.5, 0.6) is 17.2 Å². The number of hydrogen-bond donors (Lipinski definition) is 1. The Bertz CT molecular complexity index is 1200. The molecule has 1 fully saturated rings. The first kappa shape index (κ1) is 21.0. The number of rotatable bonds is 6. The van der Waals surface area contributed by atoms with Gasteiger partial charge in [-0.2, -0.15) is 0 Å². The molecule has 4 rings (SSSR count). The lowest BCUT2D eigenvalue weighted by molar-refractivity contribution is -0.132.